The number of methoxy groups -OCH3 is 2. The molecule has 7 heteroatoms. The summed E-state index contributed by atoms with van der Waals surface area (Å²) in [6.45, 7) is 0.240. The maximum absolute atomic E-state index is 11.3. The smallest absolute Gasteiger partial charge is 0.319 e. The van der Waals surface area contributed by atoms with E-state index in [1.165, 1.54) is 14.2 Å². The third kappa shape index (κ3) is 5.67. The van der Waals surface area contributed by atoms with Gasteiger partial charge in [-0.1, -0.05) is 17.7 Å². The predicted molar refractivity (Wildman–Crippen MR) is 68.6 cm³/mol. The Labute approximate surface area is 116 Å². The first kappa shape index (κ1) is 15.4. The van der Waals surface area contributed by atoms with Gasteiger partial charge < -0.3 is 9.47 Å². The molecule has 0 fully saturated rings. The monoisotopic (exact) mass is 286 g/mol. The van der Waals surface area contributed by atoms with Crippen molar-refractivity contribution in [3.63, 3.8) is 0 Å². The van der Waals surface area contributed by atoms with E-state index in [9.17, 15) is 9.59 Å². The highest BCUT2D eigenvalue weighted by atomic mass is 35.5. The maximum Gasteiger partial charge on any atom is 0.319 e. The van der Waals surface area contributed by atoms with Crippen LogP contribution in [-0.2, 0) is 25.6 Å². The number of hydrogen-bond acceptors (Lipinski definition) is 6. The normalized spacial score (nSPS) is 10.3. The van der Waals surface area contributed by atoms with Crippen molar-refractivity contribution < 1.29 is 19.1 Å². The molecule has 0 aliphatic carbocycles. The number of esters is 2. The third-order valence-corrected chi connectivity index (χ3v) is 2.53. The summed E-state index contributed by atoms with van der Waals surface area (Å²) < 4.78 is 9.16. The molecule has 0 spiro atoms. The van der Waals surface area contributed by atoms with Gasteiger partial charge in [-0.05, 0) is 12.1 Å². The van der Waals surface area contributed by atoms with Crippen LogP contribution in [0.2, 0.25) is 5.15 Å². The number of carbonyl (C=O) groups excluding carboxylic acids is 2. The highest BCUT2D eigenvalue weighted by molar-refractivity contribution is 6.29. The summed E-state index contributed by atoms with van der Waals surface area (Å²) in [5, 5.41) is 0.355. The molecular weight excluding hydrogens is 272 g/mol. The van der Waals surface area contributed by atoms with Gasteiger partial charge in [0, 0.05) is 6.54 Å². The number of rotatable bonds is 6. The lowest BCUT2D eigenvalue weighted by Crippen LogP contribution is -2.35. The Morgan fingerprint density at radius 1 is 1.21 bits per heavy atom. The van der Waals surface area contributed by atoms with E-state index in [0.29, 0.717) is 17.4 Å². The zero-order valence-corrected chi connectivity index (χ0v) is 11.5. The average Bonchev–Trinajstić information content (AvgIpc) is 2.38. The molecule has 1 aromatic heterocycles. The topological polar surface area (TPSA) is 68.7 Å². The van der Waals surface area contributed by atoms with Crippen molar-refractivity contribution in [2.24, 2.45) is 0 Å². The van der Waals surface area contributed by atoms with Crippen LogP contribution in [0, 0.1) is 0 Å². The van der Waals surface area contributed by atoms with Gasteiger partial charge in [0.25, 0.3) is 0 Å². The van der Waals surface area contributed by atoms with E-state index < -0.39 is 11.9 Å². The Balaban J connectivity index is 2.72. The van der Waals surface area contributed by atoms with Gasteiger partial charge in [0.15, 0.2) is 0 Å². The van der Waals surface area contributed by atoms with E-state index in [4.69, 9.17) is 11.6 Å². The molecule has 0 aliphatic rings. The first-order valence-electron chi connectivity index (χ1n) is 5.52. The van der Waals surface area contributed by atoms with E-state index in [0.717, 1.165) is 0 Å². The molecule has 0 aliphatic heterocycles. The summed E-state index contributed by atoms with van der Waals surface area (Å²) >= 11 is 5.78. The van der Waals surface area contributed by atoms with Crippen LogP contribution in [0.4, 0.5) is 0 Å². The Morgan fingerprint density at radius 3 is 2.26 bits per heavy atom. The Bertz CT molecular complexity index is 435. The van der Waals surface area contributed by atoms with Crippen LogP contribution in [0.5, 0.6) is 0 Å². The standard InChI is InChI=1S/C12H15ClN2O4/c1-18-11(16)7-15(8-12(17)19-2)6-9-4-3-5-10(13)14-9/h3-5H,6-8H2,1-2H3. The highest BCUT2D eigenvalue weighted by Gasteiger charge is 2.16. The fourth-order valence-electron chi connectivity index (χ4n) is 1.43. The Hall–Kier alpha value is -1.66. The molecule has 0 bridgehead atoms. The molecule has 0 saturated carbocycles. The van der Waals surface area contributed by atoms with Crippen molar-refractivity contribution in [1.29, 1.82) is 0 Å². The van der Waals surface area contributed by atoms with Gasteiger partial charge in [0.1, 0.15) is 5.15 Å². The maximum atomic E-state index is 11.3. The van der Waals surface area contributed by atoms with Crippen LogP contribution in [-0.4, -0.2) is 49.1 Å². The fraction of sp³-hybridized carbons (Fsp3) is 0.417. The number of aromatic nitrogens is 1. The minimum Gasteiger partial charge on any atom is -0.468 e. The summed E-state index contributed by atoms with van der Waals surface area (Å²) in [5.74, 6) is -0.878. The second-order valence-electron chi connectivity index (χ2n) is 3.75. The van der Waals surface area contributed by atoms with E-state index >= 15 is 0 Å². The molecule has 104 valence electrons. The molecule has 1 aromatic rings. The average molecular weight is 287 g/mol. The number of pyridine rings is 1. The Kier molecular flexibility index (Phi) is 6.24. The van der Waals surface area contributed by atoms with Crippen molar-refractivity contribution in [1.82, 2.24) is 9.88 Å². The molecule has 6 nitrogen and oxygen atoms in total. The van der Waals surface area contributed by atoms with Crippen LogP contribution in [0.25, 0.3) is 0 Å². The van der Waals surface area contributed by atoms with Crippen LogP contribution < -0.4 is 0 Å². The SMILES string of the molecule is COC(=O)CN(CC(=O)OC)Cc1cccc(Cl)n1. The molecule has 0 N–H and O–H groups in total. The van der Waals surface area contributed by atoms with Gasteiger partial charge in [-0.25, -0.2) is 4.98 Å². The molecule has 19 heavy (non-hydrogen) atoms. The second kappa shape index (κ2) is 7.70. The minimum absolute atomic E-state index is 0.0280. The second-order valence-corrected chi connectivity index (χ2v) is 4.14. The van der Waals surface area contributed by atoms with Gasteiger partial charge in [-0.2, -0.15) is 0 Å². The molecule has 0 atom stereocenters. The molecule has 0 radical (unpaired) electrons. The van der Waals surface area contributed by atoms with Gasteiger partial charge in [0.2, 0.25) is 0 Å². The van der Waals surface area contributed by atoms with Gasteiger partial charge in [-0.15, -0.1) is 0 Å². The molecule has 1 rings (SSSR count). The van der Waals surface area contributed by atoms with Crippen LogP contribution >= 0.6 is 11.6 Å². The number of ether oxygens (including phenoxy) is 2. The molecule has 0 unspecified atom stereocenters. The lowest BCUT2D eigenvalue weighted by molar-refractivity contribution is -0.145. The number of hydrogen-bond donors (Lipinski definition) is 0. The van der Waals surface area contributed by atoms with E-state index in [1.54, 1.807) is 23.1 Å². The molecular formula is C12H15ClN2O4. The van der Waals surface area contributed by atoms with Crippen molar-refractivity contribution in [3.8, 4) is 0 Å². The molecule has 1 heterocycles. The van der Waals surface area contributed by atoms with Gasteiger partial charge in [0.05, 0.1) is 33.0 Å². The lowest BCUT2D eigenvalue weighted by atomic mass is 10.3. The first-order valence-corrected chi connectivity index (χ1v) is 5.90. The van der Waals surface area contributed by atoms with E-state index in [1.807, 2.05) is 0 Å². The van der Waals surface area contributed by atoms with Crippen LogP contribution in [0.1, 0.15) is 5.69 Å². The Morgan fingerprint density at radius 2 is 1.79 bits per heavy atom. The van der Waals surface area contributed by atoms with Crippen LogP contribution in [0.3, 0.4) is 0 Å². The summed E-state index contributed by atoms with van der Waals surface area (Å²) in [6, 6.07) is 5.16. The van der Waals surface area contributed by atoms with Crippen molar-refractivity contribution in [2.75, 3.05) is 27.3 Å². The zero-order valence-electron chi connectivity index (χ0n) is 10.8. The van der Waals surface area contributed by atoms with Crippen molar-refractivity contribution in [3.05, 3.63) is 29.0 Å². The van der Waals surface area contributed by atoms with E-state index in [-0.39, 0.29) is 13.1 Å². The summed E-state index contributed by atoms with van der Waals surface area (Å²) in [6.07, 6.45) is 0. The third-order valence-electron chi connectivity index (χ3n) is 2.32. The van der Waals surface area contributed by atoms with Crippen molar-refractivity contribution >= 4 is 23.5 Å². The number of carbonyl (C=O) groups is 2. The summed E-state index contributed by atoms with van der Waals surface area (Å²) in [7, 11) is 2.58. The fourth-order valence-corrected chi connectivity index (χ4v) is 1.61. The van der Waals surface area contributed by atoms with Gasteiger partial charge >= 0.3 is 11.9 Å². The largest absolute Gasteiger partial charge is 0.468 e. The number of nitrogens with zero attached hydrogens (tertiary/aromatic N) is 2. The van der Waals surface area contributed by atoms with Gasteiger partial charge in [-0.3, -0.25) is 14.5 Å². The zero-order chi connectivity index (χ0) is 14.3. The molecule has 0 aromatic carbocycles. The quantitative estimate of drug-likeness (QED) is 0.571. The first-order chi connectivity index (χ1) is 9.05. The van der Waals surface area contributed by atoms with E-state index in [2.05, 4.69) is 14.5 Å². The molecule has 0 amide bonds. The van der Waals surface area contributed by atoms with Crippen molar-refractivity contribution in [2.45, 2.75) is 6.54 Å². The predicted octanol–water partition coefficient (Wildman–Crippen LogP) is 0.883. The number of halogens is 1. The summed E-state index contributed by atoms with van der Waals surface area (Å²) in [5.41, 5.74) is 0.653. The summed E-state index contributed by atoms with van der Waals surface area (Å²) in [4.78, 5) is 28.2. The minimum atomic E-state index is -0.439. The molecule has 0 saturated heterocycles. The van der Waals surface area contributed by atoms with Crippen LogP contribution in [0.15, 0.2) is 18.2 Å². The lowest BCUT2D eigenvalue weighted by Gasteiger charge is -2.19. The highest BCUT2D eigenvalue weighted by Crippen LogP contribution is 2.08.